The number of amides is 3. The summed E-state index contributed by atoms with van der Waals surface area (Å²) in [6.07, 6.45) is 5.25. The molecule has 36 heavy (non-hydrogen) atoms. The Balaban J connectivity index is 0.000000392. The van der Waals surface area contributed by atoms with Crippen LogP contribution in [-0.2, 0) is 33.8 Å². The lowest BCUT2D eigenvalue weighted by Crippen LogP contribution is -2.31. The number of aliphatic carboxylic acids is 2. The number of fused-ring (bicyclic) bond motifs is 1. The number of aromatic nitrogens is 1. The molecule has 2 aromatic carbocycles. The standard InChI is InChI=1S/C22H24N4O2.C4H4O4/c23-11-10-17-13-24-19-8-6-15(12-18(17)19)7-9-20-21(27)26(22(28)25-20)14-16-4-2-1-3-5-16;5-3(6)1-2-4(7)8/h1-6,8,12-13,20,24H,7,9-11,14,23H2,(H,25,28);1-2H,(H,5,6)(H,7,8). The van der Waals surface area contributed by atoms with Gasteiger partial charge in [0.1, 0.15) is 6.04 Å². The number of nitrogens with zero attached hydrogens (tertiary/aromatic N) is 1. The molecule has 1 saturated heterocycles. The zero-order valence-electron chi connectivity index (χ0n) is 19.5. The molecule has 0 saturated carbocycles. The number of carbonyl (C=O) groups excluding carboxylic acids is 2. The Morgan fingerprint density at radius 3 is 2.31 bits per heavy atom. The first-order valence-electron chi connectivity index (χ1n) is 11.4. The number of urea groups is 1. The van der Waals surface area contributed by atoms with Crippen molar-refractivity contribution in [1.82, 2.24) is 15.2 Å². The number of rotatable bonds is 9. The lowest BCUT2D eigenvalue weighted by molar-refractivity contribution is -0.134. The highest BCUT2D eigenvalue weighted by Gasteiger charge is 2.37. The van der Waals surface area contributed by atoms with Crippen molar-refractivity contribution in [3.8, 4) is 0 Å². The van der Waals surface area contributed by atoms with Crippen LogP contribution >= 0.6 is 0 Å². The Morgan fingerprint density at radius 1 is 0.972 bits per heavy atom. The van der Waals surface area contributed by atoms with E-state index < -0.39 is 18.0 Å². The van der Waals surface area contributed by atoms with Crippen molar-refractivity contribution < 1.29 is 29.4 Å². The molecule has 188 valence electrons. The minimum absolute atomic E-state index is 0.152. The average molecular weight is 493 g/mol. The molecule has 3 amide bonds. The van der Waals surface area contributed by atoms with Gasteiger partial charge in [-0.3, -0.25) is 9.69 Å². The van der Waals surface area contributed by atoms with Crippen molar-refractivity contribution in [3.63, 3.8) is 0 Å². The number of aromatic amines is 1. The molecule has 6 N–H and O–H groups in total. The fourth-order valence-corrected chi connectivity index (χ4v) is 3.89. The summed E-state index contributed by atoms with van der Waals surface area (Å²) in [6, 6.07) is 15.0. The largest absolute Gasteiger partial charge is 0.478 e. The molecule has 2 heterocycles. The van der Waals surface area contributed by atoms with Crippen LogP contribution in [0.5, 0.6) is 0 Å². The topological polar surface area (TPSA) is 166 Å². The van der Waals surface area contributed by atoms with Gasteiger partial charge < -0.3 is 26.2 Å². The Kier molecular flexibility index (Phi) is 8.95. The summed E-state index contributed by atoms with van der Waals surface area (Å²) in [5.41, 5.74) is 10.1. The average Bonchev–Trinajstić information content (AvgIpc) is 3.38. The molecular weight excluding hydrogens is 464 g/mol. The molecule has 3 aromatic rings. The number of nitrogens with two attached hydrogens (primary N) is 1. The predicted molar refractivity (Wildman–Crippen MR) is 133 cm³/mol. The maximum Gasteiger partial charge on any atom is 0.328 e. The normalized spacial score (nSPS) is 15.1. The van der Waals surface area contributed by atoms with Gasteiger partial charge in [0.25, 0.3) is 5.91 Å². The van der Waals surface area contributed by atoms with Gasteiger partial charge in [-0.2, -0.15) is 0 Å². The smallest absolute Gasteiger partial charge is 0.328 e. The summed E-state index contributed by atoms with van der Waals surface area (Å²) < 4.78 is 0. The predicted octanol–water partition coefficient (Wildman–Crippen LogP) is 2.43. The van der Waals surface area contributed by atoms with E-state index in [1.54, 1.807) is 0 Å². The van der Waals surface area contributed by atoms with Crippen molar-refractivity contribution in [2.24, 2.45) is 5.73 Å². The highest BCUT2D eigenvalue weighted by atomic mass is 16.4. The molecule has 1 atom stereocenters. The van der Waals surface area contributed by atoms with E-state index >= 15 is 0 Å². The molecule has 1 aliphatic rings. The van der Waals surface area contributed by atoms with E-state index in [2.05, 4.69) is 28.5 Å². The highest BCUT2D eigenvalue weighted by molar-refractivity contribution is 6.04. The Bertz CT molecular complexity index is 1250. The third kappa shape index (κ3) is 7.03. The molecule has 10 nitrogen and oxygen atoms in total. The summed E-state index contributed by atoms with van der Waals surface area (Å²) in [4.78, 5) is 48.6. The van der Waals surface area contributed by atoms with Crippen LogP contribution in [0.15, 0.2) is 66.9 Å². The summed E-state index contributed by atoms with van der Waals surface area (Å²) >= 11 is 0. The van der Waals surface area contributed by atoms with Crippen LogP contribution in [0.3, 0.4) is 0 Å². The summed E-state index contributed by atoms with van der Waals surface area (Å²) in [5, 5.41) is 19.6. The number of nitrogens with one attached hydrogen (secondary N) is 2. The second-order valence-corrected chi connectivity index (χ2v) is 8.19. The number of carbonyl (C=O) groups is 4. The molecular formula is C26H28N4O6. The first-order valence-corrected chi connectivity index (χ1v) is 11.4. The van der Waals surface area contributed by atoms with Crippen LogP contribution < -0.4 is 11.1 Å². The summed E-state index contributed by atoms with van der Waals surface area (Å²) in [7, 11) is 0. The van der Waals surface area contributed by atoms with E-state index in [1.165, 1.54) is 15.8 Å². The van der Waals surface area contributed by atoms with E-state index in [-0.39, 0.29) is 11.9 Å². The van der Waals surface area contributed by atoms with Crippen LogP contribution in [0, 0.1) is 0 Å². The van der Waals surface area contributed by atoms with E-state index in [0.717, 1.165) is 29.5 Å². The van der Waals surface area contributed by atoms with Crippen molar-refractivity contribution >= 4 is 34.8 Å². The van der Waals surface area contributed by atoms with Gasteiger partial charge in [-0.25, -0.2) is 14.4 Å². The number of aryl methyl sites for hydroxylation is 1. The Labute approximate surface area is 207 Å². The van der Waals surface area contributed by atoms with Gasteiger partial charge in [-0.15, -0.1) is 0 Å². The van der Waals surface area contributed by atoms with Gasteiger partial charge >= 0.3 is 18.0 Å². The number of carboxylic acids is 2. The van der Waals surface area contributed by atoms with Crippen LogP contribution in [-0.4, -0.2) is 56.6 Å². The molecule has 0 spiro atoms. The SMILES string of the molecule is NCCc1c[nH]c2ccc(CCC3NC(=O)N(Cc4ccccc4)C3=O)cc12.O=C(O)C=CC(=O)O. The number of carboxylic acid groups (broad SMARTS) is 2. The zero-order valence-corrected chi connectivity index (χ0v) is 19.5. The van der Waals surface area contributed by atoms with Crippen molar-refractivity contribution in [2.75, 3.05) is 6.54 Å². The number of hydrogen-bond donors (Lipinski definition) is 5. The Hall–Kier alpha value is -4.44. The Morgan fingerprint density at radius 2 is 1.67 bits per heavy atom. The van der Waals surface area contributed by atoms with Gasteiger partial charge in [-0.1, -0.05) is 36.4 Å². The van der Waals surface area contributed by atoms with Gasteiger partial charge in [0.15, 0.2) is 0 Å². The van der Waals surface area contributed by atoms with Crippen molar-refractivity contribution in [1.29, 1.82) is 0 Å². The minimum atomic E-state index is -1.26. The van der Waals surface area contributed by atoms with Crippen molar-refractivity contribution in [3.05, 3.63) is 83.6 Å². The minimum Gasteiger partial charge on any atom is -0.478 e. The maximum absolute atomic E-state index is 12.7. The molecule has 0 bridgehead atoms. The summed E-state index contributed by atoms with van der Waals surface area (Å²) in [5.74, 6) is -2.67. The third-order valence-corrected chi connectivity index (χ3v) is 5.63. The molecule has 1 aromatic heterocycles. The quantitative estimate of drug-likeness (QED) is 0.226. The van der Waals surface area contributed by atoms with Crippen LogP contribution in [0.25, 0.3) is 10.9 Å². The first kappa shape index (κ1) is 26.2. The monoisotopic (exact) mass is 492 g/mol. The van der Waals surface area contributed by atoms with Crippen LogP contribution in [0.2, 0.25) is 0 Å². The highest BCUT2D eigenvalue weighted by Crippen LogP contribution is 2.22. The molecule has 0 radical (unpaired) electrons. The zero-order chi connectivity index (χ0) is 26.1. The van der Waals surface area contributed by atoms with Gasteiger partial charge in [-0.05, 0) is 54.6 Å². The first-order chi connectivity index (χ1) is 17.3. The second kappa shape index (κ2) is 12.3. The van der Waals surface area contributed by atoms with Crippen LogP contribution in [0.1, 0.15) is 23.1 Å². The molecule has 0 aliphatic carbocycles. The number of H-pyrrole nitrogens is 1. The third-order valence-electron chi connectivity index (χ3n) is 5.63. The summed E-state index contributed by atoms with van der Waals surface area (Å²) in [6.45, 7) is 0.913. The second-order valence-electron chi connectivity index (χ2n) is 8.19. The maximum atomic E-state index is 12.7. The van der Waals surface area contributed by atoms with E-state index in [4.69, 9.17) is 15.9 Å². The van der Waals surface area contributed by atoms with Crippen molar-refractivity contribution in [2.45, 2.75) is 31.8 Å². The van der Waals surface area contributed by atoms with E-state index in [1.807, 2.05) is 36.5 Å². The van der Waals surface area contributed by atoms with E-state index in [9.17, 15) is 19.2 Å². The molecule has 1 unspecified atom stereocenters. The fraction of sp³-hybridized carbons (Fsp3) is 0.231. The molecule has 10 heteroatoms. The van der Waals surface area contributed by atoms with Gasteiger partial charge in [0, 0.05) is 29.3 Å². The van der Waals surface area contributed by atoms with Gasteiger partial charge in [0.05, 0.1) is 6.54 Å². The molecule has 1 fully saturated rings. The number of hydrogen-bond acceptors (Lipinski definition) is 5. The fourth-order valence-electron chi connectivity index (χ4n) is 3.89. The number of imide groups is 1. The number of benzene rings is 2. The van der Waals surface area contributed by atoms with Crippen LogP contribution in [0.4, 0.5) is 4.79 Å². The lowest BCUT2D eigenvalue weighted by Gasteiger charge is -2.13. The van der Waals surface area contributed by atoms with E-state index in [0.29, 0.717) is 31.7 Å². The van der Waals surface area contributed by atoms with Gasteiger partial charge in [0.2, 0.25) is 0 Å². The molecule has 1 aliphatic heterocycles. The lowest BCUT2D eigenvalue weighted by atomic mass is 10.0. The molecule has 4 rings (SSSR count).